The maximum Gasteiger partial charge on any atom is 0.244 e. The molecule has 1 amide bonds. The van der Waals surface area contributed by atoms with Crippen molar-refractivity contribution in [1.29, 1.82) is 5.26 Å². The molecule has 0 bridgehead atoms. The van der Waals surface area contributed by atoms with Crippen LogP contribution in [0.5, 0.6) is 5.75 Å². The van der Waals surface area contributed by atoms with Gasteiger partial charge >= 0.3 is 0 Å². The van der Waals surface area contributed by atoms with E-state index in [-0.39, 0.29) is 5.91 Å². The van der Waals surface area contributed by atoms with Crippen molar-refractivity contribution < 1.29 is 9.53 Å². The van der Waals surface area contributed by atoms with Gasteiger partial charge in [0.2, 0.25) is 5.91 Å². The van der Waals surface area contributed by atoms with E-state index in [1.807, 2.05) is 36.4 Å². The summed E-state index contributed by atoms with van der Waals surface area (Å²) in [6.45, 7) is 0. The summed E-state index contributed by atoms with van der Waals surface area (Å²) in [6, 6.07) is 18.0. The Bertz CT molecular complexity index is 787. The highest BCUT2D eigenvalue weighted by Gasteiger charge is 2.41. The van der Waals surface area contributed by atoms with Crippen molar-refractivity contribution in [2.75, 3.05) is 12.4 Å². The lowest BCUT2D eigenvalue weighted by atomic mass is 9.87. The van der Waals surface area contributed by atoms with Crippen LogP contribution in [0.4, 0.5) is 5.69 Å². The predicted octanol–water partition coefficient (Wildman–Crippen LogP) is 4.31. The lowest BCUT2D eigenvalue weighted by molar-refractivity contribution is -0.122. The molecule has 1 N–H and O–H groups in total. The zero-order chi connectivity index (χ0) is 17.7. The third-order valence-electron chi connectivity index (χ3n) is 4.88. The minimum atomic E-state index is -0.875. The Kier molecular flexibility index (Phi) is 5.04. The Morgan fingerprint density at radius 1 is 1.20 bits per heavy atom. The van der Waals surface area contributed by atoms with Gasteiger partial charge in [-0.3, -0.25) is 4.79 Å². The maximum absolute atomic E-state index is 12.6. The fourth-order valence-electron chi connectivity index (χ4n) is 3.43. The van der Waals surface area contributed by atoms with E-state index in [4.69, 9.17) is 4.74 Å². The molecule has 0 heterocycles. The first-order valence-corrected chi connectivity index (χ1v) is 8.60. The molecule has 1 aliphatic carbocycles. The summed E-state index contributed by atoms with van der Waals surface area (Å²) in [4.78, 5) is 12.6. The smallest absolute Gasteiger partial charge is 0.244 e. The molecule has 1 saturated carbocycles. The van der Waals surface area contributed by atoms with Gasteiger partial charge < -0.3 is 10.1 Å². The molecule has 25 heavy (non-hydrogen) atoms. The van der Waals surface area contributed by atoms with Crippen LogP contribution in [0.15, 0.2) is 48.5 Å². The third-order valence-corrected chi connectivity index (χ3v) is 4.88. The number of benzene rings is 2. The molecule has 2 aromatic carbocycles. The summed E-state index contributed by atoms with van der Waals surface area (Å²) in [6.07, 6.45) is 3.87. The standard InChI is InChI=1S/C21H22N2O2/c1-25-19-10-9-18(14-17(19)13-16-7-3-2-4-8-16)23-20(24)21(15-22)11-5-6-12-21/h2-4,7-10,14H,5-6,11-13H2,1H3,(H,23,24). The van der Waals surface area contributed by atoms with E-state index in [0.29, 0.717) is 18.5 Å². The lowest BCUT2D eigenvalue weighted by Crippen LogP contribution is -2.32. The highest BCUT2D eigenvalue weighted by Crippen LogP contribution is 2.38. The normalized spacial score (nSPS) is 15.4. The number of anilines is 1. The number of ether oxygens (including phenoxy) is 1. The van der Waals surface area contributed by atoms with Crippen LogP contribution < -0.4 is 10.1 Å². The van der Waals surface area contributed by atoms with Gasteiger partial charge in [0.15, 0.2) is 0 Å². The second-order valence-electron chi connectivity index (χ2n) is 6.54. The van der Waals surface area contributed by atoms with Gasteiger partial charge in [0.25, 0.3) is 0 Å². The van der Waals surface area contributed by atoms with Crippen molar-refractivity contribution in [3.63, 3.8) is 0 Å². The zero-order valence-electron chi connectivity index (χ0n) is 14.4. The number of hydrogen-bond donors (Lipinski definition) is 1. The number of carbonyl (C=O) groups is 1. The Balaban J connectivity index is 1.82. The molecule has 0 unspecified atom stereocenters. The van der Waals surface area contributed by atoms with Crippen molar-refractivity contribution in [1.82, 2.24) is 0 Å². The van der Waals surface area contributed by atoms with Crippen molar-refractivity contribution in [2.45, 2.75) is 32.1 Å². The van der Waals surface area contributed by atoms with Crippen molar-refractivity contribution >= 4 is 11.6 Å². The van der Waals surface area contributed by atoms with Gasteiger partial charge in [-0.05, 0) is 36.6 Å². The van der Waals surface area contributed by atoms with Gasteiger partial charge in [0, 0.05) is 17.7 Å². The Morgan fingerprint density at radius 3 is 2.56 bits per heavy atom. The molecule has 4 nitrogen and oxygen atoms in total. The van der Waals surface area contributed by atoms with Crippen molar-refractivity contribution in [3.05, 3.63) is 59.7 Å². The van der Waals surface area contributed by atoms with E-state index in [2.05, 4.69) is 23.5 Å². The first-order chi connectivity index (χ1) is 12.2. The van der Waals surface area contributed by atoms with Crippen LogP contribution in [0.25, 0.3) is 0 Å². The molecule has 0 radical (unpaired) electrons. The highest BCUT2D eigenvalue weighted by atomic mass is 16.5. The van der Waals surface area contributed by atoms with Crippen LogP contribution in [0.2, 0.25) is 0 Å². The quantitative estimate of drug-likeness (QED) is 0.886. The van der Waals surface area contributed by atoms with Gasteiger partial charge in [-0.1, -0.05) is 43.2 Å². The molecule has 0 aromatic heterocycles. The molecule has 4 heteroatoms. The largest absolute Gasteiger partial charge is 0.496 e. The van der Waals surface area contributed by atoms with E-state index in [1.165, 1.54) is 5.56 Å². The average Bonchev–Trinajstić information content (AvgIpc) is 3.13. The summed E-state index contributed by atoms with van der Waals surface area (Å²) >= 11 is 0. The second kappa shape index (κ2) is 7.40. The second-order valence-corrected chi connectivity index (χ2v) is 6.54. The monoisotopic (exact) mass is 334 g/mol. The van der Waals surface area contributed by atoms with Crippen LogP contribution in [0.3, 0.4) is 0 Å². The minimum Gasteiger partial charge on any atom is -0.496 e. The van der Waals surface area contributed by atoms with E-state index >= 15 is 0 Å². The van der Waals surface area contributed by atoms with Crippen LogP contribution in [-0.2, 0) is 11.2 Å². The lowest BCUT2D eigenvalue weighted by Gasteiger charge is -2.20. The number of nitriles is 1. The van der Waals surface area contributed by atoms with E-state index in [1.54, 1.807) is 7.11 Å². The van der Waals surface area contributed by atoms with Crippen molar-refractivity contribution in [3.8, 4) is 11.8 Å². The predicted molar refractivity (Wildman–Crippen MR) is 97.4 cm³/mol. The molecule has 0 saturated heterocycles. The molecule has 2 aromatic rings. The summed E-state index contributed by atoms with van der Waals surface area (Å²) in [5.41, 5.74) is 2.01. The molecule has 1 aliphatic rings. The number of nitrogens with zero attached hydrogens (tertiary/aromatic N) is 1. The van der Waals surface area contributed by atoms with Gasteiger partial charge in [-0.2, -0.15) is 5.26 Å². The molecule has 1 fully saturated rings. The average molecular weight is 334 g/mol. The fraction of sp³-hybridized carbons (Fsp3) is 0.333. The molecule has 128 valence electrons. The molecule has 0 spiro atoms. The summed E-state index contributed by atoms with van der Waals surface area (Å²) < 4.78 is 5.45. The Morgan fingerprint density at radius 2 is 1.92 bits per heavy atom. The van der Waals surface area contributed by atoms with Gasteiger partial charge in [0.05, 0.1) is 13.2 Å². The number of carbonyl (C=O) groups excluding carboxylic acids is 1. The van der Waals surface area contributed by atoms with Crippen LogP contribution in [0.1, 0.15) is 36.8 Å². The van der Waals surface area contributed by atoms with Gasteiger partial charge in [0.1, 0.15) is 11.2 Å². The number of amides is 1. The van der Waals surface area contributed by atoms with Crippen LogP contribution in [0, 0.1) is 16.7 Å². The SMILES string of the molecule is COc1ccc(NC(=O)C2(C#N)CCCC2)cc1Cc1ccccc1. The third kappa shape index (κ3) is 3.66. The molecule has 3 rings (SSSR count). The number of rotatable bonds is 5. The molecular weight excluding hydrogens is 312 g/mol. The summed E-state index contributed by atoms with van der Waals surface area (Å²) in [5.74, 6) is 0.598. The van der Waals surface area contributed by atoms with Crippen LogP contribution >= 0.6 is 0 Å². The van der Waals surface area contributed by atoms with E-state index in [0.717, 1.165) is 30.6 Å². The molecular formula is C21H22N2O2. The zero-order valence-corrected chi connectivity index (χ0v) is 14.4. The van der Waals surface area contributed by atoms with E-state index < -0.39 is 5.41 Å². The van der Waals surface area contributed by atoms with Crippen molar-refractivity contribution in [2.24, 2.45) is 5.41 Å². The summed E-state index contributed by atoms with van der Waals surface area (Å²) in [7, 11) is 1.64. The number of methoxy groups -OCH3 is 1. The minimum absolute atomic E-state index is 0.191. The Hall–Kier alpha value is -2.80. The van der Waals surface area contributed by atoms with E-state index in [9.17, 15) is 10.1 Å². The van der Waals surface area contributed by atoms with Gasteiger partial charge in [-0.15, -0.1) is 0 Å². The summed E-state index contributed by atoms with van der Waals surface area (Å²) in [5, 5.41) is 12.4. The first-order valence-electron chi connectivity index (χ1n) is 8.60. The maximum atomic E-state index is 12.6. The van der Waals surface area contributed by atoms with Crippen LogP contribution in [-0.4, -0.2) is 13.0 Å². The first kappa shape index (κ1) is 17.0. The topological polar surface area (TPSA) is 62.1 Å². The number of hydrogen-bond acceptors (Lipinski definition) is 3. The number of nitrogens with one attached hydrogen (secondary N) is 1. The fourth-order valence-corrected chi connectivity index (χ4v) is 3.43. The highest BCUT2D eigenvalue weighted by molar-refractivity contribution is 5.97. The molecule has 0 aliphatic heterocycles. The molecule has 0 atom stereocenters. The Labute approximate surface area is 148 Å². The van der Waals surface area contributed by atoms with Gasteiger partial charge in [-0.25, -0.2) is 0 Å².